The van der Waals surface area contributed by atoms with E-state index < -0.39 is 67.4 Å². The maximum atomic E-state index is 13.5. The van der Waals surface area contributed by atoms with Crippen molar-refractivity contribution in [2.75, 3.05) is 13.2 Å². The molecule has 1 amide bonds. The Morgan fingerprint density at radius 1 is 0.488 bits per heavy atom. The second kappa shape index (κ2) is 57.7. The lowest BCUT2D eigenvalue weighted by atomic mass is 9.99. The molecule has 8 atom stereocenters. The summed E-state index contributed by atoms with van der Waals surface area (Å²) in [7, 11) is 0. The Morgan fingerprint density at radius 3 is 1.34 bits per heavy atom. The van der Waals surface area contributed by atoms with E-state index in [2.05, 4.69) is 111 Å². The lowest BCUT2D eigenvalue weighted by Gasteiger charge is -2.41. The van der Waals surface area contributed by atoms with Crippen LogP contribution >= 0.6 is 0 Å². The Hall–Kier alpha value is -3.68. The predicted octanol–water partition coefficient (Wildman–Crippen LogP) is 16.4. The number of esters is 1. The molecule has 8 unspecified atom stereocenters. The van der Waals surface area contributed by atoms with Crippen LogP contribution < -0.4 is 5.32 Å². The molecule has 0 aliphatic carbocycles. The number of rotatable bonds is 55. The van der Waals surface area contributed by atoms with Crippen LogP contribution in [0.5, 0.6) is 0 Å². The lowest BCUT2D eigenvalue weighted by Crippen LogP contribution is -2.61. The van der Waals surface area contributed by atoms with Crippen LogP contribution in [0.2, 0.25) is 0 Å². The molecule has 470 valence electrons. The number of carbonyl (C=O) groups excluding carboxylic acids is 2. The van der Waals surface area contributed by atoms with Crippen LogP contribution in [-0.2, 0) is 23.8 Å². The number of aliphatic hydroxyl groups is 5. The molecule has 1 heterocycles. The van der Waals surface area contributed by atoms with Gasteiger partial charge in [0, 0.05) is 6.42 Å². The van der Waals surface area contributed by atoms with Crippen molar-refractivity contribution in [1.29, 1.82) is 0 Å². The highest BCUT2D eigenvalue weighted by molar-refractivity contribution is 5.80. The van der Waals surface area contributed by atoms with Gasteiger partial charge in [0.2, 0.25) is 5.91 Å². The predicted molar refractivity (Wildman–Crippen MR) is 342 cm³/mol. The molecule has 0 radical (unpaired) electrons. The first kappa shape index (κ1) is 76.3. The van der Waals surface area contributed by atoms with E-state index in [4.69, 9.17) is 14.2 Å². The fraction of sp³-hybridized carbons (Fsp3) is 0.718. The van der Waals surface area contributed by atoms with Crippen LogP contribution in [0.3, 0.4) is 0 Å². The van der Waals surface area contributed by atoms with Crippen LogP contribution in [0.15, 0.2) is 109 Å². The standard InChI is InChI=1S/C71H121NO10/c1-4-7-10-13-16-19-22-25-27-29-30-31-32-33-34-35-37-38-40-43-46-49-52-55-58-64(75)70(79)72-62(63(74)57-54-51-48-45-42-24-21-18-15-12-9-6-3)61-80-71-69(68(78)67(77)65(60-73)81-71)82-66(76)59-56-53-50-47-44-41-39-36-28-26-23-20-17-14-11-8-5-2/h8,11,16-17,19-20,25-28,30-31,39,41,47,50,54,57,62-65,67-69,71,73-75,77-78H,4-7,9-10,12-15,18,21-24,29,32-38,40,42-46,48-49,51-53,55-56,58-61H2,1-3H3,(H,72,79)/b11-8-,19-16-,20-17-,27-25-,28-26-,31-30-,41-39-,50-47-,57-54+. The number of aliphatic hydroxyl groups excluding tert-OH is 5. The molecule has 1 aliphatic rings. The maximum Gasteiger partial charge on any atom is 0.306 e. The lowest BCUT2D eigenvalue weighted by molar-refractivity contribution is -0.305. The van der Waals surface area contributed by atoms with Gasteiger partial charge in [-0.1, -0.05) is 265 Å². The number of ether oxygens (including phenoxy) is 3. The van der Waals surface area contributed by atoms with Crippen LogP contribution in [-0.4, -0.2) is 99.6 Å². The molecule has 6 N–H and O–H groups in total. The molecule has 0 bridgehead atoms. The quantitative estimate of drug-likeness (QED) is 0.0195. The van der Waals surface area contributed by atoms with Crippen LogP contribution in [0.4, 0.5) is 0 Å². The van der Waals surface area contributed by atoms with E-state index in [1.165, 1.54) is 116 Å². The third kappa shape index (κ3) is 44.8. The first-order chi connectivity index (χ1) is 40.2. The van der Waals surface area contributed by atoms with E-state index in [0.717, 1.165) is 96.3 Å². The monoisotopic (exact) mass is 1150 g/mol. The summed E-state index contributed by atoms with van der Waals surface area (Å²) in [6.45, 7) is 5.62. The molecule has 0 aromatic carbocycles. The van der Waals surface area contributed by atoms with E-state index in [1.54, 1.807) is 6.08 Å². The van der Waals surface area contributed by atoms with Crippen molar-refractivity contribution in [2.24, 2.45) is 0 Å². The second-order valence-corrected chi connectivity index (χ2v) is 22.5. The van der Waals surface area contributed by atoms with Gasteiger partial charge in [-0.05, 0) is 103 Å². The van der Waals surface area contributed by atoms with Gasteiger partial charge in [0.1, 0.15) is 24.4 Å². The molecule has 1 saturated heterocycles. The molecule has 0 aromatic heterocycles. The summed E-state index contributed by atoms with van der Waals surface area (Å²) < 4.78 is 17.6. The van der Waals surface area contributed by atoms with Crippen molar-refractivity contribution < 1.29 is 49.3 Å². The summed E-state index contributed by atoms with van der Waals surface area (Å²) in [4.78, 5) is 26.6. The van der Waals surface area contributed by atoms with E-state index in [-0.39, 0.29) is 19.4 Å². The van der Waals surface area contributed by atoms with E-state index in [0.29, 0.717) is 19.3 Å². The van der Waals surface area contributed by atoms with Crippen molar-refractivity contribution in [3.8, 4) is 0 Å². The maximum absolute atomic E-state index is 13.5. The fourth-order valence-corrected chi connectivity index (χ4v) is 9.69. The fourth-order valence-electron chi connectivity index (χ4n) is 9.69. The Balaban J connectivity index is 2.65. The van der Waals surface area contributed by atoms with E-state index in [9.17, 15) is 35.1 Å². The van der Waals surface area contributed by atoms with Gasteiger partial charge in [-0.15, -0.1) is 0 Å². The Morgan fingerprint density at radius 2 is 0.878 bits per heavy atom. The van der Waals surface area contributed by atoms with Crippen LogP contribution in [0.25, 0.3) is 0 Å². The van der Waals surface area contributed by atoms with Gasteiger partial charge in [-0.3, -0.25) is 9.59 Å². The van der Waals surface area contributed by atoms with E-state index >= 15 is 0 Å². The van der Waals surface area contributed by atoms with Gasteiger partial charge in [-0.2, -0.15) is 0 Å². The number of unbranched alkanes of at least 4 members (excludes halogenated alkanes) is 25. The van der Waals surface area contributed by atoms with Crippen molar-refractivity contribution in [3.05, 3.63) is 109 Å². The molecule has 1 fully saturated rings. The molecule has 0 saturated carbocycles. The molecule has 1 aliphatic heterocycles. The summed E-state index contributed by atoms with van der Waals surface area (Å²) in [5.41, 5.74) is 0. The van der Waals surface area contributed by atoms with Crippen LogP contribution in [0, 0.1) is 0 Å². The minimum atomic E-state index is -1.64. The highest BCUT2D eigenvalue weighted by Gasteiger charge is 2.47. The second-order valence-electron chi connectivity index (χ2n) is 22.5. The smallest absolute Gasteiger partial charge is 0.306 e. The van der Waals surface area contributed by atoms with Gasteiger partial charge in [0.05, 0.1) is 25.4 Å². The molecular formula is C71H121NO10. The summed E-state index contributed by atoms with van der Waals surface area (Å²) in [6, 6.07) is -1.04. The Kier molecular flexibility index (Phi) is 53.7. The average molecular weight is 1150 g/mol. The highest BCUT2D eigenvalue weighted by atomic mass is 16.7. The molecule has 1 rings (SSSR count). The SMILES string of the molecule is CC/C=C\C/C=C\C/C=C\C/C=C\C/C=C\CCCC(=O)OC1C(OCC(NC(=O)C(O)CCCCCCCCCCCCC/C=C\C/C=C\C/C=C\CCCCC)C(O)/C=C/CCCCCCCCCCCC)OC(CO)C(O)C1O. The van der Waals surface area contributed by atoms with E-state index in [1.807, 2.05) is 18.2 Å². The molecule has 11 nitrogen and oxygen atoms in total. The summed E-state index contributed by atoms with van der Waals surface area (Å²) >= 11 is 0. The topological polar surface area (TPSA) is 175 Å². The third-order valence-corrected chi connectivity index (χ3v) is 14.9. The van der Waals surface area contributed by atoms with Crippen LogP contribution in [0.1, 0.15) is 265 Å². The van der Waals surface area contributed by atoms with Crippen molar-refractivity contribution in [2.45, 2.75) is 314 Å². The summed E-state index contributed by atoms with van der Waals surface area (Å²) in [5, 5.41) is 57.1. The number of carbonyl (C=O) groups is 2. The number of hydrogen-bond donors (Lipinski definition) is 6. The largest absolute Gasteiger partial charge is 0.454 e. The first-order valence-corrected chi connectivity index (χ1v) is 33.2. The Bertz CT molecular complexity index is 1750. The zero-order chi connectivity index (χ0) is 59.6. The average Bonchev–Trinajstić information content (AvgIpc) is 3.60. The zero-order valence-corrected chi connectivity index (χ0v) is 52.1. The van der Waals surface area contributed by atoms with Crippen molar-refractivity contribution >= 4 is 11.9 Å². The molecule has 0 spiro atoms. The van der Waals surface area contributed by atoms with Gasteiger partial charge in [0.15, 0.2) is 12.4 Å². The Labute approximate surface area is 500 Å². The van der Waals surface area contributed by atoms with Gasteiger partial charge in [-0.25, -0.2) is 0 Å². The van der Waals surface area contributed by atoms with Crippen molar-refractivity contribution in [3.63, 3.8) is 0 Å². The number of nitrogens with one attached hydrogen (secondary N) is 1. The summed E-state index contributed by atoms with van der Waals surface area (Å²) in [6.07, 6.45) is 68.5. The normalized spacial score (nSPS) is 19.3. The number of amides is 1. The first-order valence-electron chi connectivity index (χ1n) is 33.2. The van der Waals surface area contributed by atoms with Gasteiger partial charge in [0.25, 0.3) is 0 Å². The number of hydrogen-bond acceptors (Lipinski definition) is 10. The van der Waals surface area contributed by atoms with Crippen molar-refractivity contribution in [1.82, 2.24) is 5.32 Å². The minimum absolute atomic E-state index is 0.0404. The molecule has 0 aromatic rings. The highest BCUT2D eigenvalue weighted by Crippen LogP contribution is 2.26. The van der Waals surface area contributed by atoms with Gasteiger partial charge < -0.3 is 45.1 Å². The number of allylic oxidation sites excluding steroid dienone is 17. The minimum Gasteiger partial charge on any atom is -0.454 e. The molecule has 11 heteroatoms. The van der Waals surface area contributed by atoms with Gasteiger partial charge >= 0.3 is 5.97 Å². The third-order valence-electron chi connectivity index (χ3n) is 14.9. The molecule has 82 heavy (non-hydrogen) atoms. The summed E-state index contributed by atoms with van der Waals surface area (Å²) in [5.74, 6) is -1.26. The zero-order valence-electron chi connectivity index (χ0n) is 52.1. The molecular weight excluding hydrogens is 1030 g/mol.